The molecule has 2 heterocycles. The van der Waals surface area contributed by atoms with E-state index in [0.717, 1.165) is 43.8 Å². The Morgan fingerprint density at radius 3 is 2.29 bits per heavy atom. The number of aromatic nitrogens is 2. The third-order valence-electron chi connectivity index (χ3n) is 6.69. The molecular weight excluding hydrogens is 564 g/mol. The summed E-state index contributed by atoms with van der Waals surface area (Å²) >= 11 is 3.20. The maximum atomic E-state index is 12.2. The van der Waals surface area contributed by atoms with Gasteiger partial charge in [0.15, 0.2) is 10.6 Å². The van der Waals surface area contributed by atoms with Crippen LogP contribution in [0, 0.1) is 6.92 Å². The Hall–Kier alpha value is -2.87. The lowest BCUT2D eigenvalue weighted by Crippen LogP contribution is -2.31. The molecule has 2 amide bonds. The molecule has 1 fully saturated rings. The predicted molar refractivity (Wildman–Crippen MR) is 155 cm³/mol. The van der Waals surface area contributed by atoms with Crippen molar-refractivity contribution in [1.29, 1.82) is 0 Å². The van der Waals surface area contributed by atoms with Gasteiger partial charge in [0.25, 0.3) is 0 Å². The van der Waals surface area contributed by atoms with Crippen LogP contribution in [0.2, 0.25) is 0 Å². The van der Waals surface area contributed by atoms with Gasteiger partial charge < -0.3 is 19.9 Å². The molecule has 0 aliphatic carbocycles. The average Bonchev–Trinajstić information content (AvgIpc) is 3.43. The average molecular weight is 601 g/mol. The van der Waals surface area contributed by atoms with Crippen LogP contribution in [0.25, 0.3) is 0 Å². The zero-order chi connectivity index (χ0) is 29.0. The first-order valence-corrected chi connectivity index (χ1v) is 15.5. The first kappa shape index (κ1) is 31.1. The number of aryl methyl sites for hydroxylation is 1. The highest BCUT2D eigenvalue weighted by Crippen LogP contribution is 2.39. The van der Waals surface area contributed by atoms with Crippen molar-refractivity contribution in [2.24, 2.45) is 0 Å². The van der Waals surface area contributed by atoms with Crippen LogP contribution in [0.5, 0.6) is 0 Å². The Bertz CT molecular complexity index is 1250. The minimum atomic E-state index is -0.551. The van der Waals surface area contributed by atoms with Crippen LogP contribution < -0.4 is 10.8 Å². The van der Waals surface area contributed by atoms with Crippen molar-refractivity contribution >= 4 is 34.9 Å². The number of hydrogen-bond acceptors (Lipinski definition) is 10. The van der Waals surface area contributed by atoms with Crippen molar-refractivity contribution in [2.75, 3.05) is 5.75 Å². The lowest BCUT2D eigenvalue weighted by Gasteiger charge is -2.36. The van der Waals surface area contributed by atoms with E-state index in [2.05, 4.69) is 15.5 Å². The van der Waals surface area contributed by atoms with E-state index in [4.69, 9.17) is 14.7 Å². The molecule has 1 aliphatic heterocycles. The molecule has 10 nitrogen and oxygen atoms in total. The molecule has 1 aromatic heterocycles. The zero-order valence-electron chi connectivity index (χ0n) is 23.0. The van der Waals surface area contributed by atoms with Gasteiger partial charge in [0.05, 0.1) is 18.8 Å². The zero-order valence-corrected chi connectivity index (χ0v) is 24.6. The Balaban J connectivity index is 1.32. The van der Waals surface area contributed by atoms with Gasteiger partial charge in [-0.3, -0.25) is 14.8 Å². The Morgan fingerprint density at radius 1 is 0.951 bits per heavy atom. The van der Waals surface area contributed by atoms with Crippen LogP contribution in [-0.4, -0.2) is 44.2 Å². The number of nitrogens with one attached hydrogen (secondary N) is 2. The Labute approximate surface area is 247 Å². The van der Waals surface area contributed by atoms with Crippen molar-refractivity contribution in [3.05, 3.63) is 75.8 Å². The molecule has 0 saturated carbocycles. The summed E-state index contributed by atoms with van der Waals surface area (Å²) in [5, 5.41) is 30.1. The first-order chi connectivity index (χ1) is 19.9. The summed E-state index contributed by atoms with van der Waals surface area (Å²) in [6.45, 7) is 2.35. The summed E-state index contributed by atoms with van der Waals surface area (Å²) in [7, 11) is 0. The van der Waals surface area contributed by atoms with Gasteiger partial charge in [0.2, 0.25) is 11.8 Å². The van der Waals surface area contributed by atoms with E-state index in [1.54, 1.807) is 28.6 Å². The molecule has 2 aromatic carbocycles. The predicted octanol–water partition coefficient (Wildman–Crippen LogP) is 4.75. The fourth-order valence-corrected chi connectivity index (χ4v) is 6.27. The monoisotopic (exact) mass is 600 g/mol. The number of hydrogen-bond donors (Lipinski definition) is 4. The van der Waals surface area contributed by atoms with E-state index in [1.165, 1.54) is 0 Å². The number of ether oxygens (including phenoxy) is 2. The molecule has 0 bridgehead atoms. The molecule has 220 valence electrons. The van der Waals surface area contributed by atoms with Gasteiger partial charge in [-0.2, -0.15) is 0 Å². The van der Waals surface area contributed by atoms with Crippen molar-refractivity contribution in [3.8, 4) is 0 Å². The number of aliphatic hydroxyl groups excluding tert-OH is 1. The molecular formula is C29H36N4O6S2. The highest BCUT2D eigenvalue weighted by atomic mass is 32.2. The smallest absolute Gasteiger partial charge is 0.243 e. The van der Waals surface area contributed by atoms with Crippen molar-refractivity contribution in [1.82, 2.24) is 21.0 Å². The number of amides is 2. The molecule has 3 atom stereocenters. The molecule has 0 spiro atoms. The van der Waals surface area contributed by atoms with Crippen LogP contribution in [0.3, 0.4) is 0 Å². The standard InChI is InChI=1S/C29H36N4O6S2/c1-19-31-32-29(41-19)40-18-24-15-25(22-11-9-21(17-34)10-12-22)39-28(38-24)23-13-7-20(8-14-23)16-30-26(35)5-3-2-4-6-27(36)33-37/h7-14,24-25,28,34,37H,2-6,15-18H2,1H3,(H,30,35)(H,33,36). The lowest BCUT2D eigenvalue weighted by atomic mass is 10.0. The minimum Gasteiger partial charge on any atom is -0.392 e. The molecule has 3 aromatic rings. The molecule has 41 heavy (non-hydrogen) atoms. The molecule has 1 saturated heterocycles. The van der Waals surface area contributed by atoms with Crippen molar-refractivity contribution in [2.45, 2.75) is 81.4 Å². The second-order valence-corrected chi connectivity index (χ2v) is 12.3. The topological polar surface area (TPSA) is 143 Å². The van der Waals surface area contributed by atoms with Crippen LogP contribution in [0.4, 0.5) is 0 Å². The number of carbonyl (C=O) groups excluding carboxylic acids is 2. The summed E-state index contributed by atoms with van der Waals surface area (Å²) < 4.78 is 13.7. The number of aliphatic hydroxyl groups is 1. The third-order valence-corrected chi connectivity index (χ3v) is 8.79. The Kier molecular flexibility index (Phi) is 12.1. The summed E-state index contributed by atoms with van der Waals surface area (Å²) in [4.78, 5) is 23.2. The maximum Gasteiger partial charge on any atom is 0.243 e. The number of unbranched alkanes of at least 4 members (excludes halogenated alkanes) is 2. The minimum absolute atomic E-state index is 0.00359. The number of carbonyl (C=O) groups is 2. The lowest BCUT2D eigenvalue weighted by molar-refractivity contribution is -0.245. The second-order valence-electron chi connectivity index (χ2n) is 9.86. The SMILES string of the molecule is Cc1nnc(SCC2CC(c3ccc(CO)cc3)OC(c3ccc(CNC(=O)CCCCCC(=O)NO)cc3)O2)s1. The molecule has 0 radical (unpaired) electrons. The van der Waals surface area contributed by atoms with Gasteiger partial charge in [0.1, 0.15) is 5.01 Å². The van der Waals surface area contributed by atoms with E-state index in [0.29, 0.717) is 32.2 Å². The van der Waals surface area contributed by atoms with Crippen LogP contribution in [0.1, 0.15) is 78.2 Å². The van der Waals surface area contributed by atoms with Gasteiger partial charge in [-0.15, -0.1) is 10.2 Å². The fraction of sp³-hybridized carbons (Fsp3) is 0.448. The summed E-state index contributed by atoms with van der Waals surface area (Å²) in [5.41, 5.74) is 5.36. The fourth-order valence-electron chi connectivity index (χ4n) is 4.41. The first-order valence-electron chi connectivity index (χ1n) is 13.7. The van der Waals surface area contributed by atoms with Crippen LogP contribution in [-0.2, 0) is 32.2 Å². The molecule has 1 aliphatic rings. The van der Waals surface area contributed by atoms with Gasteiger partial charge in [-0.05, 0) is 36.5 Å². The number of benzene rings is 2. The van der Waals surface area contributed by atoms with E-state index in [9.17, 15) is 14.7 Å². The largest absolute Gasteiger partial charge is 0.392 e. The van der Waals surface area contributed by atoms with E-state index >= 15 is 0 Å². The third kappa shape index (κ3) is 9.87. The van der Waals surface area contributed by atoms with E-state index in [-0.39, 0.29) is 31.1 Å². The number of nitrogens with zero attached hydrogens (tertiary/aromatic N) is 2. The summed E-state index contributed by atoms with van der Waals surface area (Å²) in [6.07, 6.45) is 2.59. The number of thioether (sulfide) groups is 1. The van der Waals surface area contributed by atoms with E-state index < -0.39 is 12.2 Å². The maximum absolute atomic E-state index is 12.2. The Morgan fingerprint density at radius 2 is 1.63 bits per heavy atom. The molecule has 4 rings (SSSR count). The van der Waals surface area contributed by atoms with Gasteiger partial charge in [-0.1, -0.05) is 78.1 Å². The van der Waals surface area contributed by atoms with Gasteiger partial charge >= 0.3 is 0 Å². The molecule has 12 heteroatoms. The van der Waals surface area contributed by atoms with E-state index in [1.807, 2.05) is 55.5 Å². The van der Waals surface area contributed by atoms with Gasteiger partial charge in [0, 0.05) is 37.1 Å². The second kappa shape index (κ2) is 15.9. The quantitative estimate of drug-likeness (QED) is 0.0892. The highest BCUT2D eigenvalue weighted by Gasteiger charge is 2.32. The summed E-state index contributed by atoms with van der Waals surface area (Å²) in [5.74, 6) is 0.269. The summed E-state index contributed by atoms with van der Waals surface area (Å²) in [6, 6.07) is 15.7. The molecule has 4 N–H and O–H groups in total. The highest BCUT2D eigenvalue weighted by molar-refractivity contribution is 8.01. The molecule has 3 unspecified atom stereocenters. The van der Waals surface area contributed by atoms with Crippen molar-refractivity contribution in [3.63, 3.8) is 0 Å². The number of hydroxylamine groups is 1. The number of rotatable bonds is 14. The van der Waals surface area contributed by atoms with Crippen molar-refractivity contribution < 1.29 is 29.4 Å². The van der Waals surface area contributed by atoms with Gasteiger partial charge in [-0.25, -0.2) is 5.48 Å². The van der Waals surface area contributed by atoms with Crippen LogP contribution in [0.15, 0.2) is 52.9 Å². The normalized spacial score (nSPS) is 18.7. The van der Waals surface area contributed by atoms with Crippen LogP contribution >= 0.6 is 23.1 Å².